The third-order valence-electron chi connectivity index (χ3n) is 4.85. The van der Waals surface area contributed by atoms with Crippen molar-refractivity contribution in [1.82, 2.24) is 5.32 Å². The Morgan fingerprint density at radius 2 is 1.85 bits per heavy atom. The second-order valence-electron chi connectivity index (χ2n) is 7.16. The van der Waals surface area contributed by atoms with Gasteiger partial charge in [-0.05, 0) is 43.4 Å². The molecule has 0 radical (unpaired) electrons. The van der Waals surface area contributed by atoms with Crippen LogP contribution in [-0.2, 0) is 9.59 Å². The first kappa shape index (κ1) is 20.7. The quantitative estimate of drug-likeness (QED) is 0.254. The molecule has 0 spiro atoms. The molecule has 4 N–H and O–H groups in total. The fourth-order valence-electron chi connectivity index (χ4n) is 3.30. The molecule has 27 heavy (non-hydrogen) atoms. The van der Waals surface area contributed by atoms with E-state index >= 15 is 0 Å². The van der Waals surface area contributed by atoms with Crippen molar-refractivity contribution >= 4 is 11.7 Å². The smallest absolute Gasteiger partial charge is 0.259 e. The Morgan fingerprint density at radius 1 is 1.22 bits per heavy atom. The number of aliphatic hydroxyl groups excluding tert-OH is 2. The minimum Gasteiger partial charge on any atom is -0.511 e. The number of hydrogen-bond donors (Lipinski definition) is 4. The summed E-state index contributed by atoms with van der Waals surface area (Å²) < 4.78 is 0. The first-order valence-corrected chi connectivity index (χ1v) is 9.12. The van der Waals surface area contributed by atoms with Crippen LogP contribution in [0.2, 0.25) is 0 Å². The average Bonchev–Trinajstić information content (AvgIpc) is 2.93. The van der Waals surface area contributed by atoms with E-state index in [-0.39, 0.29) is 28.9 Å². The van der Waals surface area contributed by atoms with Crippen molar-refractivity contribution in [2.24, 2.45) is 11.8 Å². The highest BCUT2D eigenvalue weighted by atomic mass is 16.3. The van der Waals surface area contributed by atoms with E-state index in [1.807, 2.05) is 26.0 Å². The molecule has 1 aliphatic heterocycles. The maximum Gasteiger partial charge on any atom is 0.259 e. The number of nitrogens with one attached hydrogen (secondary N) is 1. The zero-order chi connectivity index (χ0) is 20.1. The number of hydrogen-bond acceptors (Lipinski definition) is 5. The lowest BCUT2D eigenvalue weighted by molar-refractivity contribution is -0.118. The van der Waals surface area contributed by atoms with Crippen molar-refractivity contribution in [3.05, 3.63) is 53.3 Å². The van der Waals surface area contributed by atoms with Gasteiger partial charge in [0.15, 0.2) is 5.78 Å². The number of phenolic OH excluding ortho intramolecular Hbond substituents is 1. The van der Waals surface area contributed by atoms with E-state index in [0.29, 0.717) is 12.0 Å². The van der Waals surface area contributed by atoms with Gasteiger partial charge in [0.05, 0.1) is 0 Å². The topological polar surface area (TPSA) is 107 Å². The number of carbonyl (C=O) groups is 2. The zero-order valence-electron chi connectivity index (χ0n) is 15.8. The number of Topliss-reactive ketones (excluding diaryl/α,β-unsaturated/α-hetero) is 1. The molecule has 2 rings (SSSR count). The van der Waals surface area contributed by atoms with E-state index in [4.69, 9.17) is 0 Å². The summed E-state index contributed by atoms with van der Waals surface area (Å²) in [4.78, 5) is 25.0. The number of carbonyl (C=O) groups excluding carboxylic acids is 2. The Labute approximate surface area is 159 Å². The van der Waals surface area contributed by atoms with Gasteiger partial charge in [0.25, 0.3) is 5.91 Å². The fourth-order valence-corrected chi connectivity index (χ4v) is 3.30. The Balaban J connectivity index is 2.18. The standard InChI is InChI=1S/C21H27NO5/c1-4-5-6-12(2)11-13(3)18(24)16-20(26)17(22-21(16)27)19(25)14-7-9-15(23)10-8-14/h4-5,7-10,12-13,17,19,23-25H,6,11H2,1-3H3,(H,22,27)/b5-4+,18-16?. The molecule has 1 saturated heterocycles. The Morgan fingerprint density at radius 3 is 2.44 bits per heavy atom. The fraction of sp³-hybridized carbons (Fsp3) is 0.429. The second-order valence-corrected chi connectivity index (χ2v) is 7.16. The van der Waals surface area contributed by atoms with E-state index < -0.39 is 23.8 Å². The van der Waals surface area contributed by atoms with Gasteiger partial charge in [0, 0.05) is 5.92 Å². The Bertz CT molecular complexity index is 750. The number of aromatic hydroxyl groups is 1. The molecular weight excluding hydrogens is 346 g/mol. The summed E-state index contributed by atoms with van der Waals surface area (Å²) in [6, 6.07) is 4.58. The summed E-state index contributed by atoms with van der Waals surface area (Å²) in [5, 5.41) is 32.8. The first-order chi connectivity index (χ1) is 12.8. The monoisotopic (exact) mass is 373 g/mol. The van der Waals surface area contributed by atoms with Crippen molar-refractivity contribution in [3.63, 3.8) is 0 Å². The van der Waals surface area contributed by atoms with Gasteiger partial charge in [-0.25, -0.2) is 0 Å². The van der Waals surface area contributed by atoms with Crippen LogP contribution in [0.4, 0.5) is 0 Å². The molecule has 4 atom stereocenters. The van der Waals surface area contributed by atoms with Crippen molar-refractivity contribution in [2.75, 3.05) is 0 Å². The number of allylic oxidation sites excluding steroid dienone is 3. The summed E-state index contributed by atoms with van der Waals surface area (Å²) in [7, 11) is 0. The molecule has 6 nitrogen and oxygen atoms in total. The molecule has 1 aliphatic rings. The van der Waals surface area contributed by atoms with Crippen molar-refractivity contribution in [3.8, 4) is 5.75 Å². The second kappa shape index (κ2) is 8.86. The lowest BCUT2D eigenvalue weighted by atomic mass is 9.90. The molecule has 1 aromatic carbocycles. The lowest BCUT2D eigenvalue weighted by Gasteiger charge is -2.17. The van der Waals surface area contributed by atoms with Crippen LogP contribution in [0.25, 0.3) is 0 Å². The highest BCUT2D eigenvalue weighted by Crippen LogP contribution is 2.29. The number of amides is 1. The van der Waals surface area contributed by atoms with Crippen LogP contribution in [0.3, 0.4) is 0 Å². The van der Waals surface area contributed by atoms with Crippen LogP contribution in [-0.4, -0.2) is 33.1 Å². The Kier molecular flexibility index (Phi) is 6.80. The molecule has 4 unspecified atom stereocenters. The van der Waals surface area contributed by atoms with Gasteiger partial charge in [-0.3, -0.25) is 9.59 Å². The molecule has 0 saturated carbocycles. The summed E-state index contributed by atoms with van der Waals surface area (Å²) >= 11 is 0. The summed E-state index contributed by atoms with van der Waals surface area (Å²) in [6.07, 6.45) is 4.22. The minimum atomic E-state index is -1.27. The lowest BCUT2D eigenvalue weighted by Crippen LogP contribution is -2.35. The van der Waals surface area contributed by atoms with Crippen molar-refractivity contribution in [2.45, 2.75) is 45.8 Å². The molecule has 1 amide bonds. The zero-order valence-corrected chi connectivity index (χ0v) is 15.8. The van der Waals surface area contributed by atoms with Gasteiger partial charge in [-0.1, -0.05) is 38.1 Å². The Hall–Kier alpha value is -2.60. The molecule has 1 heterocycles. The van der Waals surface area contributed by atoms with E-state index in [1.54, 1.807) is 6.92 Å². The molecule has 1 aromatic rings. The number of aliphatic hydroxyl groups is 2. The summed E-state index contributed by atoms with van der Waals surface area (Å²) in [5.41, 5.74) is 0.115. The average molecular weight is 373 g/mol. The van der Waals surface area contributed by atoms with E-state index in [1.165, 1.54) is 24.3 Å². The van der Waals surface area contributed by atoms with Gasteiger partial charge < -0.3 is 20.6 Å². The maximum atomic E-state index is 12.7. The minimum absolute atomic E-state index is 0.0341. The molecule has 146 valence electrons. The molecule has 6 heteroatoms. The molecule has 0 bridgehead atoms. The SMILES string of the molecule is C/C=C/CC(C)CC(C)C(O)=C1C(=O)NC(C(O)c2ccc(O)cc2)C1=O. The largest absolute Gasteiger partial charge is 0.511 e. The van der Waals surface area contributed by atoms with Crippen LogP contribution >= 0.6 is 0 Å². The van der Waals surface area contributed by atoms with E-state index in [0.717, 1.165) is 6.42 Å². The van der Waals surface area contributed by atoms with Gasteiger partial charge in [-0.15, -0.1) is 0 Å². The van der Waals surface area contributed by atoms with Crippen LogP contribution in [0.15, 0.2) is 47.7 Å². The van der Waals surface area contributed by atoms with Gasteiger partial charge in [0.2, 0.25) is 0 Å². The molecule has 1 fully saturated rings. The number of ketones is 1. The van der Waals surface area contributed by atoms with Crippen molar-refractivity contribution < 1.29 is 24.9 Å². The molecule has 0 aliphatic carbocycles. The van der Waals surface area contributed by atoms with Crippen LogP contribution in [0, 0.1) is 11.8 Å². The number of benzene rings is 1. The third-order valence-corrected chi connectivity index (χ3v) is 4.85. The van der Waals surface area contributed by atoms with Crippen LogP contribution < -0.4 is 5.32 Å². The number of phenols is 1. The first-order valence-electron chi connectivity index (χ1n) is 9.12. The molecule has 0 aromatic heterocycles. The number of rotatable bonds is 7. The van der Waals surface area contributed by atoms with Crippen LogP contribution in [0.1, 0.15) is 45.3 Å². The van der Waals surface area contributed by atoms with Gasteiger partial charge in [-0.2, -0.15) is 0 Å². The summed E-state index contributed by atoms with van der Waals surface area (Å²) in [6.45, 7) is 5.76. The molecular formula is C21H27NO5. The van der Waals surface area contributed by atoms with Crippen molar-refractivity contribution in [1.29, 1.82) is 0 Å². The summed E-state index contributed by atoms with van der Waals surface area (Å²) in [5.74, 6) is -1.55. The third kappa shape index (κ3) is 4.77. The van der Waals surface area contributed by atoms with E-state index in [9.17, 15) is 24.9 Å². The predicted octanol–water partition coefficient (Wildman–Crippen LogP) is 2.93. The van der Waals surface area contributed by atoms with E-state index in [2.05, 4.69) is 5.32 Å². The predicted molar refractivity (Wildman–Crippen MR) is 102 cm³/mol. The van der Waals surface area contributed by atoms with Crippen LogP contribution in [0.5, 0.6) is 5.75 Å². The maximum absolute atomic E-state index is 12.7. The van der Waals surface area contributed by atoms with Gasteiger partial charge in [0.1, 0.15) is 29.2 Å². The highest BCUT2D eigenvalue weighted by molar-refractivity contribution is 6.27. The normalized spacial score (nSPS) is 22.6. The highest BCUT2D eigenvalue weighted by Gasteiger charge is 2.43. The van der Waals surface area contributed by atoms with Gasteiger partial charge >= 0.3 is 0 Å².